The highest BCUT2D eigenvalue weighted by molar-refractivity contribution is 6.31. The molecular formula is C14H14ClN5O. The fourth-order valence-corrected chi connectivity index (χ4v) is 2.93. The van der Waals surface area contributed by atoms with Gasteiger partial charge >= 0.3 is 0 Å². The third-order valence-corrected chi connectivity index (χ3v) is 4.38. The molecule has 108 valence electrons. The molecule has 1 aromatic carbocycles. The number of carbonyl (C=O) groups is 1. The van der Waals surface area contributed by atoms with E-state index in [2.05, 4.69) is 15.5 Å². The summed E-state index contributed by atoms with van der Waals surface area (Å²) in [6, 6.07) is 6.03. The Kier molecular flexibility index (Phi) is 2.94. The average Bonchev–Trinajstić information content (AvgIpc) is 3.03. The normalized spacial score (nSPS) is 17.7. The van der Waals surface area contributed by atoms with E-state index in [9.17, 15) is 4.79 Å². The molecule has 6 nitrogen and oxygen atoms in total. The Morgan fingerprint density at radius 1 is 1.33 bits per heavy atom. The molecule has 1 amide bonds. The maximum atomic E-state index is 12.5. The van der Waals surface area contributed by atoms with Crippen molar-refractivity contribution in [2.24, 2.45) is 0 Å². The molecule has 1 saturated heterocycles. The molecule has 0 aliphatic carbocycles. The number of hydrogen-bond donors (Lipinski definition) is 1. The first-order valence-corrected chi connectivity index (χ1v) is 7.28. The zero-order valence-electron chi connectivity index (χ0n) is 11.3. The van der Waals surface area contributed by atoms with Gasteiger partial charge < -0.3 is 10.2 Å². The van der Waals surface area contributed by atoms with Gasteiger partial charge in [0.1, 0.15) is 0 Å². The predicted molar refractivity (Wildman–Crippen MR) is 77.0 cm³/mol. The van der Waals surface area contributed by atoms with Crippen LogP contribution in [0.4, 0.5) is 0 Å². The molecule has 2 aliphatic heterocycles. The van der Waals surface area contributed by atoms with Crippen molar-refractivity contribution < 1.29 is 4.79 Å². The molecular weight excluding hydrogens is 290 g/mol. The van der Waals surface area contributed by atoms with Crippen molar-refractivity contribution in [2.75, 3.05) is 13.1 Å². The minimum atomic E-state index is -0.0965. The summed E-state index contributed by atoms with van der Waals surface area (Å²) in [6.45, 7) is 2.82. The number of nitrogens with zero attached hydrogens (tertiary/aromatic N) is 4. The van der Waals surface area contributed by atoms with Crippen molar-refractivity contribution >= 4 is 17.5 Å². The number of carbonyl (C=O) groups excluding carboxylic acids is 1. The SMILES string of the molecule is O=C(c1cnn(C2CNC2)n1)N1Cc2cccc(Cl)c2C1. The summed E-state index contributed by atoms with van der Waals surface area (Å²) in [4.78, 5) is 15.9. The van der Waals surface area contributed by atoms with Gasteiger partial charge in [-0.3, -0.25) is 4.79 Å². The van der Waals surface area contributed by atoms with Crippen molar-refractivity contribution in [3.8, 4) is 0 Å². The van der Waals surface area contributed by atoms with Crippen molar-refractivity contribution in [1.29, 1.82) is 0 Å². The van der Waals surface area contributed by atoms with Gasteiger partial charge in [-0.25, -0.2) is 0 Å². The zero-order chi connectivity index (χ0) is 14.4. The maximum Gasteiger partial charge on any atom is 0.276 e. The minimum absolute atomic E-state index is 0.0965. The lowest BCUT2D eigenvalue weighted by molar-refractivity contribution is 0.0743. The molecule has 1 N–H and O–H groups in total. The number of nitrogens with one attached hydrogen (secondary N) is 1. The summed E-state index contributed by atoms with van der Waals surface area (Å²) < 4.78 is 0. The molecule has 1 aromatic heterocycles. The molecule has 2 aliphatic rings. The highest BCUT2D eigenvalue weighted by Gasteiger charge is 2.28. The smallest absolute Gasteiger partial charge is 0.276 e. The van der Waals surface area contributed by atoms with Gasteiger partial charge in [0.05, 0.1) is 12.2 Å². The Morgan fingerprint density at radius 2 is 2.19 bits per heavy atom. The average molecular weight is 304 g/mol. The van der Waals surface area contributed by atoms with E-state index in [-0.39, 0.29) is 11.9 Å². The van der Waals surface area contributed by atoms with Gasteiger partial charge in [0.15, 0.2) is 5.69 Å². The Balaban J connectivity index is 1.54. The molecule has 0 unspecified atom stereocenters. The van der Waals surface area contributed by atoms with Gasteiger partial charge in [-0.2, -0.15) is 9.90 Å². The number of rotatable bonds is 2. The van der Waals surface area contributed by atoms with E-state index in [1.54, 1.807) is 15.9 Å². The first-order valence-electron chi connectivity index (χ1n) is 6.90. The van der Waals surface area contributed by atoms with E-state index in [4.69, 9.17) is 11.6 Å². The Hall–Kier alpha value is -1.92. The van der Waals surface area contributed by atoms with E-state index in [0.29, 0.717) is 23.8 Å². The van der Waals surface area contributed by atoms with Crippen LogP contribution in [-0.4, -0.2) is 38.9 Å². The second-order valence-corrected chi connectivity index (χ2v) is 5.81. The van der Waals surface area contributed by atoms with Crippen LogP contribution >= 0.6 is 11.6 Å². The lowest BCUT2D eigenvalue weighted by atomic mass is 10.1. The van der Waals surface area contributed by atoms with Crippen molar-refractivity contribution in [2.45, 2.75) is 19.1 Å². The van der Waals surface area contributed by atoms with Crippen LogP contribution in [0.1, 0.15) is 27.7 Å². The van der Waals surface area contributed by atoms with Gasteiger partial charge in [-0.15, -0.1) is 5.10 Å². The van der Waals surface area contributed by atoms with Crippen molar-refractivity contribution in [3.05, 3.63) is 46.2 Å². The Morgan fingerprint density at radius 3 is 2.90 bits per heavy atom. The van der Waals surface area contributed by atoms with E-state index in [0.717, 1.165) is 24.2 Å². The Bertz CT molecular complexity index is 709. The van der Waals surface area contributed by atoms with Crippen molar-refractivity contribution in [3.63, 3.8) is 0 Å². The quantitative estimate of drug-likeness (QED) is 0.906. The Labute approximate surface area is 126 Å². The number of amides is 1. The van der Waals surface area contributed by atoms with Gasteiger partial charge in [0, 0.05) is 31.2 Å². The predicted octanol–water partition coefficient (Wildman–Crippen LogP) is 1.23. The maximum absolute atomic E-state index is 12.5. The molecule has 0 radical (unpaired) electrons. The van der Waals surface area contributed by atoms with Crippen LogP contribution in [0.25, 0.3) is 0 Å². The number of hydrogen-bond acceptors (Lipinski definition) is 4. The largest absolute Gasteiger partial charge is 0.328 e. The highest BCUT2D eigenvalue weighted by Crippen LogP contribution is 2.29. The monoisotopic (exact) mass is 303 g/mol. The second-order valence-electron chi connectivity index (χ2n) is 5.40. The van der Waals surface area contributed by atoms with Gasteiger partial charge in [-0.05, 0) is 17.2 Å². The van der Waals surface area contributed by atoms with Crippen LogP contribution in [-0.2, 0) is 13.1 Å². The number of fused-ring (bicyclic) bond motifs is 1. The lowest BCUT2D eigenvalue weighted by Crippen LogP contribution is -2.44. The van der Waals surface area contributed by atoms with Crippen LogP contribution in [0.3, 0.4) is 0 Å². The number of halogens is 1. The molecule has 4 rings (SSSR count). The lowest BCUT2D eigenvalue weighted by Gasteiger charge is -2.25. The highest BCUT2D eigenvalue weighted by atomic mass is 35.5. The molecule has 7 heteroatoms. The van der Waals surface area contributed by atoms with E-state index in [1.165, 1.54) is 0 Å². The molecule has 2 aromatic rings. The molecule has 0 bridgehead atoms. The van der Waals surface area contributed by atoms with Crippen LogP contribution in [0.5, 0.6) is 0 Å². The van der Waals surface area contributed by atoms with Crippen LogP contribution < -0.4 is 5.32 Å². The second kappa shape index (κ2) is 4.82. The summed E-state index contributed by atoms with van der Waals surface area (Å²) in [7, 11) is 0. The van der Waals surface area contributed by atoms with E-state index >= 15 is 0 Å². The molecule has 0 spiro atoms. The van der Waals surface area contributed by atoms with Crippen LogP contribution in [0.15, 0.2) is 24.4 Å². The van der Waals surface area contributed by atoms with Crippen molar-refractivity contribution in [1.82, 2.24) is 25.2 Å². The third kappa shape index (κ3) is 2.11. The molecule has 21 heavy (non-hydrogen) atoms. The fourth-order valence-electron chi connectivity index (χ4n) is 2.67. The van der Waals surface area contributed by atoms with Crippen LogP contribution in [0, 0.1) is 0 Å². The third-order valence-electron chi connectivity index (χ3n) is 4.03. The minimum Gasteiger partial charge on any atom is -0.328 e. The summed E-state index contributed by atoms with van der Waals surface area (Å²) >= 11 is 6.18. The first-order chi connectivity index (χ1) is 10.2. The van der Waals surface area contributed by atoms with Gasteiger partial charge in [0.25, 0.3) is 5.91 Å². The fraction of sp³-hybridized carbons (Fsp3) is 0.357. The van der Waals surface area contributed by atoms with Crippen LogP contribution in [0.2, 0.25) is 5.02 Å². The van der Waals surface area contributed by atoms with Gasteiger partial charge in [-0.1, -0.05) is 23.7 Å². The summed E-state index contributed by atoms with van der Waals surface area (Å²) in [6.07, 6.45) is 1.55. The first kappa shape index (κ1) is 12.8. The molecule has 1 fully saturated rings. The molecule has 3 heterocycles. The molecule has 0 saturated carbocycles. The van der Waals surface area contributed by atoms with E-state index in [1.807, 2.05) is 18.2 Å². The number of benzene rings is 1. The standard InChI is InChI=1S/C14H14ClN5O/c15-12-3-1-2-9-7-19(8-11(9)12)14(21)13-6-17-20(18-13)10-4-16-5-10/h1-3,6,10,16H,4-5,7-8H2. The summed E-state index contributed by atoms with van der Waals surface area (Å²) in [5, 5.41) is 12.4. The summed E-state index contributed by atoms with van der Waals surface area (Å²) in [5.41, 5.74) is 2.53. The zero-order valence-corrected chi connectivity index (χ0v) is 12.0. The number of aromatic nitrogens is 3. The van der Waals surface area contributed by atoms with Gasteiger partial charge in [0.2, 0.25) is 0 Å². The molecule has 0 atom stereocenters. The topological polar surface area (TPSA) is 63.1 Å². The van der Waals surface area contributed by atoms with E-state index < -0.39 is 0 Å². The summed E-state index contributed by atoms with van der Waals surface area (Å²) in [5.74, 6) is -0.0965.